The Morgan fingerprint density at radius 2 is 1.59 bits per heavy atom. The van der Waals surface area contributed by atoms with Crippen LogP contribution >= 0.6 is 0 Å². The molecule has 2 aromatic carbocycles. The molecule has 0 saturated heterocycles. The van der Waals surface area contributed by atoms with Gasteiger partial charge < -0.3 is 4.74 Å². The number of rotatable bonds is 4. The van der Waals surface area contributed by atoms with Crippen molar-refractivity contribution in [2.75, 3.05) is 7.11 Å². The minimum Gasteiger partial charge on any atom is -0.496 e. The highest BCUT2D eigenvalue weighted by Crippen LogP contribution is 2.42. The Kier molecular flexibility index (Phi) is 5.18. The number of alkyl halides is 3. The number of hydrogen-bond donors (Lipinski definition) is 2. The Hall–Kier alpha value is -2.85. The fraction of sp³-hybridized carbons (Fsp3) is 0.211. The Morgan fingerprint density at radius 1 is 1.03 bits per heavy atom. The number of nitrogens with two attached hydrogens (primary N) is 1. The molecule has 6 nitrogen and oxygen atoms in total. The predicted octanol–water partition coefficient (Wildman–Crippen LogP) is 4.04. The molecular formula is C19H18F3N3O3S. The fourth-order valence-electron chi connectivity index (χ4n) is 3.26. The number of aromatic amines is 1. The van der Waals surface area contributed by atoms with E-state index in [4.69, 9.17) is 9.88 Å². The predicted molar refractivity (Wildman–Crippen MR) is 102 cm³/mol. The molecule has 0 atom stereocenters. The van der Waals surface area contributed by atoms with Gasteiger partial charge in [0, 0.05) is 11.1 Å². The van der Waals surface area contributed by atoms with Crippen LogP contribution in [-0.2, 0) is 16.2 Å². The molecule has 10 heteroatoms. The number of hydrogen-bond acceptors (Lipinski definition) is 4. The maximum atomic E-state index is 13.6. The van der Waals surface area contributed by atoms with Crippen LogP contribution in [0.2, 0.25) is 0 Å². The van der Waals surface area contributed by atoms with Crippen LogP contribution in [0.15, 0.2) is 41.3 Å². The number of aromatic nitrogens is 2. The second-order valence-electron chi connectivity index (χ2n) is 6.53. The van der Waals surface area contributed by atoms with Crippen LogP contribution in [0.5, 0.6) is 5.75 Å². The average Bonchev–Trinajstić information content (AvgIpc) is 3.06. The van der Waals surface area contributed by atoms with Crippen molar-refractivity contribution in [2.45, 2.75) is 24.9 Å². The minimum absolute atomic E-state index is 0.0438. The third kappa shape index (κ3) is 3.99. The number of halogens is 3. The lowest BCUT2D eigenvalue weighted by Gasteiger charge is -2.14. The first-order chi connectivity index (χ1) is 13.4. The number of sulfonamides is 1. The molecule has 3 rings (SSSR count). The standard InChI is InChI=1S/C19H18F3N3O3S/c1-10-8-13(9-11(2)17(10)28-3)15-16(24-25-18(15)19(20,21)22)12-4-6-14(7-5-12)29(23,26)27/h4-9H,1-3H3,(H,24,25)(H2,23,26,27). The Balaban J connectivity index is 2.25. The number of ether oxygens (including phenoxy) is 1. The zero-order valence-electron chi connectivity index (χ0n) is 15.8. The third-order valence-electron chi connectivity index (χ3n) is 4.46. The van der Waals surface area contributed by atoms with E-state index >= 15 is 0 Å². The molecule has 0 radical (unpaired) electrons. The van der Waals surface area contributed by atoms with E-state index in [1.165, 1.54) is 31.4 Å². The van der Waals surface area contributed by atoms with Crippen LogP contribution < -0.4 is 9.88 Å². The van der Waals surface area contributed by atoms with Crippen LogP contribution in [0.1, 0.15) is 16.8 Å². The van der Waals surface area contributed by atoms with Gasteiger partial charge >= 0.3 is 6.18 Å². The van der Waals surface area contributed by atoms with Gasteiger partial charge in [0.15, 0.2) is 0 Å². The van der Waals surface area contributed by atoms with Crippen molar-refractivity contribution in [3.63, 3.8) is 0 Å². The number of methoxy groups -OCH3 is 1. The summed E-state index contributed by atoms with van der Waals surface area (Å²) in [7, 11) is -2.43. The van der Waals surface area contributed by atoms with E-state index in [0.717, 1.165) is 0 Å². The van der Waals surface area contributed by atoms with E-state index in [9.17, 15) is 21.6 Å². The summed E-state index contributed by atoms with van der Waals surface area (Å²) in [5.74, 6) is 0.588. The molecular weight excluding hydrogens is 407 g/mol. The monoisotopic (exact) mass is 425 g/mol. The molecule has 0 saturated carbocycles. The SMILES string of the molecule is COc1c(C)cc(-c2c(-c3ccc(S(N)(=O)=O)cc3)n[nH]c2C(F)(F)F)cc1C. The van der Waals surface area contributed by atoms with E-state index in [1.54, 1.807) is 26.0 Å². The highest BCUT2D eigenvalue weighted by molar-refractivity contribution is 7.89. The molecule has 0 aliphatic heterocycles. The molecule has 0 aliphatic rings. The number of nitrogens with one attached hydrogen (secondary N) is 1. The van der Waals surface area contributed by atoms with Gasteiger partial charge in [0.1, 0.15) is 17.1 Å². The maximum Gasteiger partial charge on any atom is 0.433 e. The summed E-state index contributed by atoms with van der Waals surface area (Å²) in [6.07, 6.45) is -4.66. The minimum atomic E-state index is -4.66. The van der Waals surface area contributed by atoms with Crippen LogP contribution in [0.25, 0.3) is 22.4 Å². The van der Waals surface area contributed by atoms with Gasteiger partial charge in [0.2, 0.25) is 10.0 Å². The van der Waals surface area contributed by atoms with Gasteiger partial charge in [-0.25, -0.2) is 13.6 Å². The van der Waals surface area contributed by atoms with Crippen LogP contribution in [0.4, 0.5) is 13.2 Å². The lowest BCUT2D eigenvalue weighted by Crippen LogP contribution is -2.11. The van der Waals surface area contributed by atoms with Crippen molar-refractivity contribution in [3.8, 4) is 28.1 Å². The second-order valence-corrected chi connectivity index (χ2v) is 8.09. The van der Waals surface area contributed by atoms with Crippen LogP contribution in [0.3, 0.4) is 0 Å². The lowest BCUT2D eigenvalue weighted by molar-refractivity contribution is -0.140. The Labute approximate surface area is 165 Å². The zero-order chi connectivity index (χ0) is 21.6. The van der Waals surface area contributed by atoms with Gasteiger partial charge in [-0.2, -0.15) is 18.3 Å². The molecule has 1 aromatic heterocycles. The maximum absolute atomic E-state index is 13.6. The smallest absolute Gasteiger partial charge is 0.433 e. The van der Waals surface area contributed by atoms with Crippen LogP contribution in [-0.4, -0.2) is 25.7 Å². The quantitative estimate of drug-likeness (QED) is 0.659. The van der Waals surface area contributed by atoms with Gasteiger partial charge in [-0.05, 0) is 54.8 Å². The van der Waals surface area contributed by atoms with E-state index in [-0.39, 0.29) is 16.2 Å². The van der Waals surface area contributed by atoms with E-state index in [0.29, 0.717) is 28.0 Å². The fourth-order valence-corrected chi connectivity index (χ4v) is 3.77. The third-order valence-corrected chi connectivity index (χ3v) is 5.39. The number of benzene rings is 2. The van der Waals surface area contributed by atoms with Crippen molar-refractivity contribution in [3.05, 3.63) is 53.2 Å². The number of primary sulfonamides is 1. The largest absolute Gasteiger partial charge is 0.496 e. The van der Waals surface area contributed by atoms with Crippen LogP contribution in [0, 0.1) is 13.8 Å². The Bertz CT molecular complexity index is 1140. The van der Waals surface area contributed by atoms with E-state index < -0.39 is 21.9 Å². The first kappa shape index (κ1) is 20.9. The molecule has 1 heterocycles. The number of nitrogens with zero attached hydrogens (tertiary/aromatic N) is 1. The van der Waals surface area contributed by atoms with E-state index in [1.807, 2.05) is 0 Å². The molecule has 0 fully saturated rings. The summed E-state index contributed by atoms with van der Waals surface area (Å²) in [4.78, 5) is -0.148. The first-order valence-electron chi connectivity index (χ1n) is 8.38. The van der Waals surface area contributed by atoms with Crippen molar-refractivity contribution in [1.82, 2.24) is 10.2 Å². The topological polar surface area (TPSA) is 98.1 Å². The van der Waals surface area contributed by atoms with E-state index in [2.05, 4.69) is 10.2 Å². The highest BCUT2D eigenvalue weighted by Gasteiger charge is 2.38. The molecule has 0 aliphatic carbocycles. The van der Waals surface area contributed by atoms with Gasteiger partial charge in [-0.1, -0.05) is 12.1 Å². The average molecular weight is 425 g/mol. The molecule has 0 bridgehead atoms. The summed E-state index contributed by atoms with van der Waals surface area (Å²) in [6.45, 7) is 3.48. The normalized spacial score (nSPS) is 12.2. The molecule has 3 N–H and O–H groups in total. The summed E-state index contributed by atoms with van der Waals surface area (Å²) in [5, 5.41) is 11.0. The first-order valence-corrected chi connectivity index (χ1v) is 9.92. The van der Waals surface area contributed by atoms with Crippen molar-refractivity contribution in [2.24, 2.45) is 5.14 Å². The molecule has 0 unspecified atom stereocenters. The van der Waals surface area contributed by atoms with Crippen molar-refractivity contribution < 1.29 is 26.3 Å². The molecule has 29 heavy (non-hydrogen) atoms. The lowest BCUT2D eigenvalue weighted by atomic mass is 9.95. The van der Waals surface area contributed by atoms with Gasteiger partial charge in [-0.15, -0.1) is 0 Å². The van der Waals surface area contributed by atoms with Crippen molar-refractivity contribution in [1.29, 1.82) is 0 Å². The summed E-state index contributed by atoms with van der Waals surface area (Å²) in [6, 6.07) is 8.36. The summed E-state index contributed by atoms with van der Waals surface area (Å²) >= 11 is 0. The molecule has 154 valence electrons. The summed E-state index contributed by atoms with van der Waals surface area (Å²) < 4.78 is 69.1. The van der Waals surface area contributed by atoms with Gasteiger partial charge in [0.05, 0.1) is 12.0 Å². The van der Waals surface area contributed by atoms with Gasteiger partial charge in [0.25, 0.3) is 0 Å². The molecule has 3 aromatic rings. The summed E-state index contributed by atoms with van der Waals surface area (Å²) in [5.41, 5.74) is 0.890. The highest BCUT2D eigenvalue weighted by atomic mass is 32.2. The number of aryl methyl sites for hydroxylation is 2. The molecule has 0 amide bonds. The second kappa shape index (κ2) is 7.20. The van der Waals surface area contributed by atoms with Crippen molar-refractivity contribution >= 4 is 10.0 Å². The molecule has 0 spiro atoms. The zero-order valence-corrected chi connectivity index (χ0v) is 16.6. The Morgan fingerprint density at radius 3 is 2.03 bits per heavy atom. The number of H-pyrrole nitrogens is 1. The van der Waals surface area contributed by atoms with Gasteiger partial charge in [-0.3, -0.25) is 5.10 Å².